The Morgan fingerprint density at radius 1 is 1.20 bits per heavy atom. The Morgan fingerprint density at radius 2 is 1.85 bits per heavy atom. The third-order valence-electron chi connectivity index (χ3n) is 4.71. The lowest BCUT2D eigenvalue weighted by Gasteiger charge is -2.38. The standard InChI is InChI=1S/C14H24N2O4/c17-9-8-16(11-4-1-2-5-11)13(20)15-10-14(12(18)19)6-3-7-14/h11,17H,1-10H2,(H,15,20)(H,18,19). The van der Waals surface area contributed by atoms with Gasteiger partial charge in [-0.05, 0) is 25.7 Å². The van der Waals surface area contributed by atoms with E-state index in [0.717, 1.165) is 32.1 Å². The van der Waals surface area contributed by atoms with E-state index in [4.69, 9.17) is 5.11 Å². The number of carboxylic acid groups (broad SMARTS) is 1. The van der Waals surface area contributed by atoms with Crippen molar-refractivity contribution in [3.63, 3.8) is 0 Å². The molecule has 0 aromatic rings. The van der Waals surface area contributed by atoms with E-state index in [2.05, 4.69) is 5.32 Å². The molecule has 0 atom stereocenters. The number of rotatable bonds is 6. The lowest BCUT2D eigenvalue weighted by molar-refractivity contribution is -0.153. The van der Waals surface area contributed by atoms with Gasteiger partial charge in [0, 0.05) is 19.1 Å². The van der Waals surface area contributed by atoms with Crippen LogP contribution in [0.25, 0.3) is 0 Å². The number of nitrogens with zero attached hydrogens (tertiary/aromatic N) is 1. The molecule has 6 nitrogen and oxygen atoms in total. The summed E-state index contributed by atoms with van der Waals surface area (Å²) in [6.45, 7) is 0.445. The maximum Gasteiger partial charge on any atom is 0.317 e. The molecular formula is C14H24N2O4. The van der Waals surface area contributed by atoms with E-state index in [1.165, 1.54) is 0 Å². The lowest BCUT2D eigenvalue weighted by Crippen LogP contribution is -2.52. The van der Waals surface area contributed by atoms with Gasteiger partial charge in [-0.3, -0.25) is 4.79 Å². The van der Waals surface area contributed by atoms with Gasteiger partial charge in [0.2, 0.25) is 0 Å². The van der Waals surface area contributed by atoms with Gasteiger partial charge in [0.05, 0.1) is 12.0 Å². The highest BCUT2D eigenvalue weighted by molar-refractivity contribution is 5.79. The van der Waals surface area contributed by atoms with Gasteiger partial charge < -0.3 is 20.4 Å². The Morgan fingerprint density at radius 3 is 2.30 bits per heavy atom. The van der Waals surface area contributed by atoms with Crippen LogP contribution >= 0.6 is 0 Å². The van der Waals surface area contributed by atoms with Crippen molar-refractivity contribution < 1.29 is 19.8 Å². The molecule has 0 radical (unpaired) electrons. The lowest BCUT2D eigenvalue weighted by atomic mass is 9.69. The van der Waals surface area contributed by atoms with Crippen LogP contribution in [0, 0.1) is 5.41 Å². The van der Waals surface area contributed by atoms with Crippen LogP contribution in [0.1, 0.15) is 44.9 Å². The van der Waals surface area contributed by atoms with Crippen LogP contribution in [0.3, 0.4) is 0 Å². The number of hydrogen-bond acceptors (Lipinski definition) is 3. The number of carbonyl (C=O) groups excluding carboxylic acids is 1. The molecule has 2 aliphatic carbocycles. The molecule has 2 saturated carbocycles. The Balaban J connectivity index is 1.89. The van der Waals surface area contributed by atoms with Crippen molar-refractivity contribution in [3.8, 4) is 0 Å². The fourth-order valence-corrected chi connectivity index (χ4v) is 3.19. The van der Waals surface area contributed by atoms with Crippen molar-refractivity contribution in [2.45, 2.75) is 51.0 Å². The maximum absolute atomic E-state index is 12.2. The molecule has 0 aromatic heterocycles. The molecule has 0 aromatic carbocycles. The fourth-order valence-electron chi connectivity index (χ4n) is 3.19. The largest absolute Gasteiger partial charge is 0.481 e. The maximum atomic E-state index is 12.2. The highest BCUT2D eigenvalue weighted by Gasteiger charge is 2.44. The molecule has 0 spiro atoms. The zero-order chi connectivity index (χ0) is 14.6. The van der Waals surface area contributed by atoms with Gasteiger partial charge in [0.1, 0.15) is 0 Å². The SMILES string of the molecule is O=C(NCC1(C(=O)O)CCC1)N(CCO)C1CCCC1. The summed E-state index contributed by atoms with van der Waals surface area (Å²) < 4.78 is 0. The second kappa shape index (κ2) is 6.43. The van der Waals surface area contributed by atoms with Crippen LogP contribution in [0.4, 0.5) is 4.79 Å². The minimum atomic E-state index is -0.821. The van der Waals surface area contributed by atoms with Crippen LogP contribution in [-0.2, 0) is 4.79 Å². The zero-order valence-corrected chi connectivity index (χ0v) is 11.8. The van der Waals surface area contributed by atoms with Crippen molar-refractivity contribution in [1.29, 1.82) is 0 Å². The molecule has 3 N–H and O–H groups in total. The van der Waals surface area contributed by atoms with Gasteiger partial charge in [-0.25, -0.2) is 4.79 Å². The van der Waals surface area contributed by atoms with Crippen molar-refractivity contribution in [2.75, 3.05) is 19.7 Å². The fraction of sp³-hybridized carbons (Fsp3) is 0.857. The molecule has 0 saturated heterocycles. The Labute approximate surface area is 119 Å². The van der Waals surface area contributed by atoms with Gasteiger partial charge in [0.25, 0.3) is 0 Å². The molecule has 2 aliphatic rings. The summed E-state index contributed by atoms with van der Waals surface area (Å²) in [7, 11) is 0. The van der Waals surface area contributed by atoms with E-state index >= 15 is 0 Å². The molecule has 6 heteroatoms. The Kier molecular flexibility index (Phi) is 4.86. The Hall–Kier alpha value is -1.30. The topological polar surface area (TPSA) is 89.9 Å². The monoisotopic (exact) mass is 284 g/mol. The van der Waals surface area contributed by atoms with Crippen molar-refractivity contribution in [2.24, 2.45) is 5.41 Å². The van der Waals surface area contributed by atoms with Crippen molar-refractivity contribution in [1.82, 2.24) is 10.2 Å². The van der Waals surface area contributed by atoms with E-state index in [1.807, 2.05) is 0 Å². The summed E-state index contributed by atoms with van der Waals surface area (Å²) in [6, 6.07) is -0.0530. The van der Waals surface area contributed by atoms with Crippen LogP contribution in [-0.4, -0.2) is 52.9 Å². The molecule has 0 unspecified atom stereocenters. The number of urea groups is 1. The second-order valence-electron chi connectivity index (χ2n) is 5.95. The Bertz CT molecular complexity index is 362. The highest BCUT2D eigenvalue weighted by Crippen LogP contribution is 2.40. The first-order chi connectivity index (χ1) is 9.59. The predicted octanol–water partition coefficient (Wildman–Crippen LogP) is 1.19. The quantitative estimate of drug-likeness (QED) is 0.683. The molecule has 2 rings (SSSR count). The van der Waals surface area contributed by atoms with Crippen molar-refractivity contribution in [3.05, 3.63) is 0 Å². The molecule has 114 valence electrons. The molecule has 20 heavy (non-hydrogen) atoms. The number of aliphatic hydroxyl groups excluding tert-OH is 1. The van der Waals surface area contributed by atoms with Gasteiger partial charge in [-0.15, -0.1) is 0 Å². The summed E-state index contributed by atoms with van der Waals surface area (Å²) in [5.41, 5.74) is -0.768. The molecule has 2 amide bonds. The number of nitrogens with one attached hydrogen (secondary N) is 1. The van der Waals surface area contributed by atoms with Gasteiger partial charge >= 0.3 is 12.0 Å². The third-order valence-corrected chi connectivity index (χ3v) is 4.71. The molecule has 0 aliphatic heterocycles. The summed E-state index contributed by atoms with van der Waals surface area (Å²) in [6.07, 6.45) is 6.33. The van der Waals surface area contributed by atoms with Crippen LogP contribution in [0.15, 0.2) is 0 Å². The minimum Gasteiger partial charge on any atom is -0.481 e. The van der Waals surface area contributed by atoms with Crippen molar-refractivity contribution >= 4 is 12.0 Å². The normalized spacial score (nSPS) is 21.2. The molecule has 2 fully saturated rings. The highest BCUT2D eigenvalue weighted by atomic mass is 16.4. The number of amides is 2. The summed E-state index contributed by atoms with van der Waals surface area (Å²) in [4.78, 5) is 25.2. The average molecular weight is 284 g/mol. The average Bonchev–Trinajstić information content (AvgIpc) is 2.87. The van der Waals surface area contributed by atoms with Gasteiger partial charge in [0.15, 0.2) is 0 Å². The van der Waals surface area contributed by atoms with E-state index < -0.39 is 11.4 Å². The van der Waals surface area contributed by atoms with E-state index in [9.17, 15) is 14.7 Å². The molecule has 0 heterocycles. The number of carbonyl (C=O) groups is 2. The second-order valence-corrected chi connectivity index (χ2v) is 5.95. The zero-order valence-electron chi connectivity index (χ0n) is 11.8. The number of aliphatic hydroxyl groups is 1. The van der Waals surface area contributed by atoms with Gasteiger partial charge in [-0.1, -0.05) is 19.3 Å². The number of aliphatic carboxylic acids is 1. The van der Waals surface area contributed by atoms with Crippen LogP contribution in [0.5, 0.6) is 0 Å². The van der Waals surface area contributed by atoms with Crippen LogP contribution in [0.2, 0.25) is 0 Å². The first-order valence-electron chi connectivity index (χ1n) is 7.48. The summed E-state index contributed by atoms with van der Waals surface area (Å²) in [5.74, 6) is -0.821. The van der Waals surface area contributed by atoms with E-state index in [1.54, 1.807) is 4.90 Å². The third kappa shape index (κ3) is 3.06. The number of hydrogen-bond donors (Lipinski definition) is 3. The van der Waals surface area contributed by atoms with E-state index in [0.29, 0.717) is 19.4 Å². The number of carboxylic acids is 1. The predicted molar refractivity (Wildman–Crippen MR) is 73.4 cm³/mol. The first-order valence-corrected chi connectivity index (χ1v) is 7.48. The summed E-state index contributed by atoms with van der Waals surface area (Å²) >= 11 is 0. The minimum absolute atomic E-state index is 0.0615. The molecule has 0 bridgehead atoms. The smallest absolute Gasteiger partial charge is 0.317 e. The first kappa shape index (κ1) is 15.1. The molecular weight excluding hydrogens is 260 g/mol. The van der Waals surface area contributed by atoms with E-state index in [-0.39, 0.29) is 25.2 Å². The van der Waals surface area contributed by atoms with Gasteiger partial charge in [-0.2, -0.15) is 0 Å². The van der Waals surface area contributed by atoms with Crippen LogP contribution < -0.4 is 5.32 Å². The summed E-state index contributed by atoms with van der Waals surface area (Å²) in [5, 5.41) is 21.1.